The predicted molar refractivity (Wildman–Crippen MR) is 28.1 cm³/mol. The van der Waals surface area contributed by atoms with Crippen molar-refractivity contribution >= 4 is 11.1 Å². The Morgan fingerprint density at radius 2 is 2.33 bits per heavy atom. The minimum Gasteiger partial charge on any atom is -0.772 e. The zero-order valence-electron chi connectivity index (χ0n) is 5.33. The molecule has 0 aliphatic carbocycles. The molecule has 2 unspecified atom stereocenters. The van der Waals surface area contributed by atoms with Gasteiger partial charge in [0.1, 0.15) is 0 Å². The molecule has 0 amide bonds. The summed E-state index contributed by atoms with van der Waals surface area (Å²) in [5.41, 5.74) is 0. The van der Waals surface area contributed by atoms with Gasteiger partial charge in [-0.15, -0.1) is 0 Å². The third-order valence-electron chi connectivity index (χ3n) is 1.16. The molecule has 1 aliphatic rings. The van der Waals surface area contributed by atoms with Crippen LogP contribution in [0.4, 0.5) is 0 Å². The van der Waals surface area contributed by atoms with E-state index in [9.17, 15) is 8.76 Å². The zero-order valence-corrected chi connectivity index (χ0v) is 8.15. The third kappa shape index (κ3) is 3.11. The topological polar surface area (TPSA) is 49.4 Å². The molecule has 5 heteroatoms. The molecule has 48 valence electrons. The maximum Gasteiger partial charge on any atom is 1.00 e. The van der Waals surface area contributed by atoms with E-state index in [0.717, 1.165) is 0 Å². The van der Waals surface area contributed by atoms with Crippen LogP contribution in [0.15, 0.2) is 0 Å². The number of hydrogen-bond acceptors (Lipinski definition) is 3. The van der Waals surface area contributed by atoms with Crippen LogP contribution in [0.3, 0.4) is 0 Å². The molecule has 2 atom stereocenters. The van der Waals surface area contributed by atoms with E-state index in [-0.39, 0.29) is 34.8 Å². The predicted octanol–water partition coefficient (Wildman–Crippen LogP) is -3.34. The summed E-state index contributed by atoms with van der Waals surface area (Å²) in [6.07, 6.45) is 0.663. The fourth-order valence-electron chi connectivity index (χ4n) is 0.665. The van der Waals surface area contributed by atoms with Crippen molar-refractivity contribution in [2.24, 2.45) is 0 Å². The maximum absolute atomic E-state index is 10.1. The summed E-state index contributed by atoms with van der Waals surface area (Å²) in [6.45, 7) is 0.981. The summed E-state index contributed by atoms with van der Waals surface area (Å²) in [5.74, 6) is 0. The monoisotopic (exact) mass is 158 g/mol. The normalized spacial score (nSPS) is 29.2. The van der Waals surface area contributed by atoms with Gasteiger partial charge in [-0.3, -0.25) is 4.21 Å². The Kier molecular flexibility index (Phi) is 5.39. The SMILES string of the molecule is O=S([O-])C1CCOC1.[Na+]. The van der Waals surface area contributed by atoms with Crippen molar-refractivity contribution in [1.29, 1.82) is 0 Å². The van der Waals surface area contributed by atoms with E-state index < -0.39 is 11.1 Å². The molecule has 0 radical (unpaired) electrons. The number of hydrogen-bond donors (Lipinski definition) is 0. The Labute approximate surface area is 78.7 Å². The first-order chi connectivity index (χ1) is 3.80. The van der Waals surface area contributed by atoms with Crippen molar-refractivity contribution in [2.45, 2.75) is 11.7 Å². The number of rotatable bonds is 1. The van der Waals surface area contributed by atoms with Gasteiger partial charge in [0.05, 0.1) is 6.61 Å². The second-order valence-corrected chi connectivity index (χ2v) is 2.93. The molecule has 0 spiro atoms. The van der Waals surface area contributed by atoms with Gasteiger partial charge in [0.2, 0.25) is 0 Å². The van der Waals surface area contributed by atoms with Crippen molar-refractivity contribution in [3.63, 3.8) is 0 Å². The van der Waals surface area contributed by atoms with Crippen LogP contribution in [0.1, 0.15) is 6.42 Å². The van der Waals surface area contributed by atoms with Gasteiger partial charge >= 0.3 is 29.6 Å². The fraction of sp³-hybridized carbons (Fsp3) is 1.00. The first-order valence-electron chi connectivity index (χ1n) is 2.46. The minimum absolute atomic E-state index is 0. The van der Waals surface area contributed by atoms with Gasteiger partial charge in [-0.05, 0) is 17.5 Å². The van der Waals surface area contributed by atoms with Crippen molar-refractivity contribution in [3.05, 3.63) is 0 Å². The van der Waals surface area contributed by atoms with Crippen LogP contribution in [-0.4, -0.2) is 27.2 Å². The summed E-state index contributed by atoms with van der Waals surface area (Å²) < 4.78 is 25.1. The van der Waals surface area contributed by atoms with Crippen LogP contribution < -0.4 is 29.6 Å². The van der Waals surface area contributed by atoms with Crippen molar-refractivity contribution in [1.82, 2.24) is 0 Å². The van der Waals surface area contributed by atoms with E-state index in [2.05, 4.69) is 0 Å². The average molecular weight is 158 g/mol. The molecule has 9 heavy (non-hydrogen) atoms. The summed E-state index contributed by atoms with van der Waals surface area (Å²) in [7, 11) is 0. The molecule has 1 fully saturated rings. The van der Waals surface area contributed by atoms with Gasteiger partial charge in [-0.25, -0.2) is 0 Å². The Morgan fingerprint density at radius 1 is 1.67 bits per heavy atom. The maximum atomic E-state index is 10.1. The molecule has 3 nitrogen and oxygen atoms in total. The van der Waals surface area contributed by atoms with Crippen molar-refractivity contribution in [3.8, 4) is 0 Å². The molecule has 0 saturated carbocycles. The third-order valence-corrected chi connectivity index (χ3v) is 2.08. The molecule has 0 aromatic heterocycles. The van der Waals surface area contributed by atoms with Gasteiger partial charge in [-0.1, -0.05) is 0 Å². The zero-order chi connectivity index (χ0) is 5.98. The smallest absolute Gasteiger partial charge is 0.772 e. The molecule has 0 aromatic rings. The minimum atomic E-state index is -1.92. The van der Waals surface area contributed by atoms with E-state index in [4.69, 9.17) is 4.74 Å². The summed E-state index contributed by atoms with van der Waals surface area (Å²) >= 11 is -1.92. The molecule has 0 aromatic carbocycles. The standard InChI is InChI=1S/C4H8O3S.Na/c5-8(6)4-1-2-7-3-4;/h4H,1-3H2,(H,5,6);/q;+1/p-1. The molecule has 0 bridgehead atoms. The van der Waals surface area contributed by atoms with Crippen molar-refractivity contribution < 1.29 is 43.1 Å². The molecule has 1 aliphatic heterocycles. The van der Waals surface area contributed by atoms with Crippen LogP contribution in [-0.2, 0) is 15.8 Å². The van der Waals surface area contributed by atoms with Crippen LogP contribution >= 0.6 is 0 Å². The second kappa shape index (κ2) is 4.82. The second-order valence-electron chi connectivity index (χ2n) is 1.75. The Hall–Kier alpha value is 1.07. The molecule has 0 N–H and O–H groups in total. The van der Waals surface area contributed by atoms with Crippen LogP contribution in [0.2, 0.25) is 0 Å². The van der Waals surface area contributed by atoms with Gasteiger partial charge < -0.3 is 9.29 Å². The quantitative estimate of drug-likeness (QED) is 0.296. The van der Waals surface area contributed by atoms with E-state index in [1.54, 1.807) is 0 Å². The summed E-state index contributed by atoms with van der Waals surface area (Å²) in [4.78, 5) is 0. The van der Waals surface area contributed by atoms with E-state index in [1.165, 1.54) is 0 Å². The Morgan fingerprint density at radius 3 is 2.56 bits per heavy atom. The van der Waals surface area contributed by atoms with Gasteiger partial charge in [0.25, 0.3) is 0 Å². The van der Waals surface area contributed by atoms with Crippen molar-refractivity contribution in [2.75, 3.05) is 13.2 Å². The summed E-state index contributed by atoms with van der Waals surface area (Å²) in [5, 5.41) is -0.241. The molecule has 1 rings (SSSR count). The fourth-order valence-corrected chi connectivity index (χ4v) is 1.16. The van der Waals surface area contributed by atoms with Crippen LogP contribution in [0.5, 0.6) is 0 Å². The van der Waals surface area contributed by atoms with Gasteiger partial charge in [0.15, 0.2) is 0 Å². The number of ether oxygens (including phenoxy) is 1. The van der Waals surface area contributed by atoms with E-state index in [0.29, 0.717) is 19.6 Å². The van der Waals surface area contributed by atoms with Gasteiger partial charge in [0, 0.05) is 11.9 Å². The Balaban J connectivity index is 0.000000640. The largest absolute Gasteiger partial charge is 1.00 e. The van der Waals surface area contributed by atoms with E-state index in [1.807, 2.05) is 0 Å². The molecular formula is C4H7NaO3S. The van der Waals surface area contributed by atoms with Crippen LogP contribution in [0.25, 0.3) is 0 Å². The molecular weight excluding hydrogens is 151 g/mol. The first-order valence-corrected chi connectivity index (χ1v) is 3.60. The Bertz CT molecular complexity index is 102. The summed E-state index contributed by atoms with van der Waals surface area (Å²) in [6, 6.07) is 0. The average Bonchev–Trinajstić information content (AvgIpc) is 2.12. The van der Waals surface area contributed by atoms with Gasteiger partial charge in [-0.2, -0.15) is 0 Å². The first kappa shape index (κ1) is 10.1. The van der Waals surface area contributed by atoms with Crippen LogP contribution in [0, 0.1) is 0 Å². The van der Waals surface area contributed by atoms with E-state index >= 15 is 0 Å². The molecule has 1 saturated heterocycles. The molecule has 1 heterocycles.